The van der Waals surface area contributed by atoms with Crippen molar-refractivity contribution in [1.82, 2.24) is 14.9 Å². The molecule has 2 aromatic rings. The molecule has 4 heterocycles. The summed E-state index contributed by atoms with van der Waals surface area (Å²) in [6.45, 7) is 8.11. The molecule has 10 nitrogen and oxygen atoms in total. The van der Waals surface area contributed by atoms with Gasteiger partial charge in [0.05, 0.1) is 18.5 Å². The molecule has 10 heteroatoms. The van der Waals surface area contributed by atoms with Gasteiger partial charge in [-0.3, -0.25) is 9.88 Å². The van der Waals surface area contributed by atoms with Crippen LogP contribution in [0.15, 0.2) is 23.1 Å². The van der Waals surface area contributed by atoms with E-state index in [1.807, 2.05) is 12.1 Å². The van der Waals surface area contributed by atoms with Crippen molar-refractivity contribution in [2.45, 2.75) is 63.3 Å². The van der Waals surface area contributed by atoms with Gasteiger partial charge in [-0.15, -0.1) is 0 Å². The second kappa shape index (κ2) is 7.00. The fourth-order valence-corrected chi connectivity index (χ4v) is 5.10. The lowest BCUT2D eigenvalue weighted by Gasteiger charge is -2.26. The summed E-state index contributed by atoms with van der Waals surface area (Å²) < 4.78 is 18.4. The van der Waals surface area contributed by atoms with Crippen LogP contribution in [0.4, 0.5) is 11.5 Å². The number of fused-ring (bicyclic) bond motifs is 3. The Balaban J connectivity index is 1.54. The molecular formula is C22H28N4O6. The zero-order chi connectivity index (χ0) is 23.0. The van der Waals surface area contributed by atoms with Gasteiger partial charge in [0.15, 0.2) is 23.5 Å². The number of nitrogens with zero attached hydrogens (tertiary/aromatic N) is 2. The van der Waals surface area contributed by atoms with Gasteiger partial charge in [0.25, 0.3) is 0 Å². The van der Waals surface area contributed by atoms with Gasteiger partial charge in [-0.25, -0.2) is 4.79 Å². The zero-order valence-corrected chi connectivity index (χ0v) is 18.7. The molecule has 5 rings (SSSR count). The number of aliphatic hydroxyl groups is 2. The average molecular weight is 444 g/mol. The molecule has 0 aliphatic carbocycles. The topological polar surface area (TPSA) is 127 Å². The Morgan fingerprint density at radius 1 is 1.19 bits per heavy atom. The summed E-state index contributed by atoms with van der Waals surface area (Å²) in [6.07, 6.45) is -2.26. The van der Waals surface area contributed by atoms with Crippen molar-refractivity contribution >= 4 is 11.5 Å². The molecule has 4 N–H and O–H groups in total. The van der Waals surface area contributed by atoms with Crippen LogP contribution in [0.25, 0.3) is 0 Å². The quantitative estimate of drug-likeness (QED) is 0.474. The van der Waals surface area contributed by atoms with E-state index in [4.69, 9.17) is 14.2 Å². The lowest BCUT2D eigenvalue weighted by atomic mass is 9.89. The molecular weight excluding hydrogens is 416 g/mol. The van der Waals surface area contributed by atoms with E-state index in [2.05, 4.69) is 43.3 Å². The number of methoxy groups -OCH3 is 1. The monoisotopic (exact) mass is 444 g/mol. The Hall–Kier alpha value is -2.50. The molecule has 1 fully saturated rings. The third kappa shape index (κ3) is 3.06. The van der Waals surface area contributed by atoms with Crippen LogP contribution in [0.5, 0.6) is 11.5 Å². The smallest absolute Gasteiger partial charge is 0.351 e. The van der Waals surface area contributed by atoms with Crippen LogP contribution in [0, 0.1) is 0 Å². The summed E-state index contributed by atoms with van der Waals surface area (Å²) in [5.41, 5.74) is 1.99. The Labute approximate surface area is 185 Å². The number of rotatable bonds is 3. The maximum atomic E-state index is 12.8. The molecule has 4 atom stereocenters. The first-order valence-electron chi connectivity index (χ1n) is 10.6. The summed E-state index contributed by atoms with van der Waals surface area (Å²) in [5.74, 6) is 1.27. The van der Waals surface area contributed by atoms with Gasteiger partial charge < -0.3 is 29.7 Å². The molecule has 0 bridgehead atoms. The first-order valence-corrected chi connectivity index (χ1v) is 10.6. The number of hydrogen-bond donors (Lipinski definition) is 4. The molecule has 3 aliphatic rings. The van der Waals surface area contributed by atoms with Gasteiger partial charge in [-0.1, -0.05) is 0 Å². The maximum Gasteiger partial charge on any atom is 0.351 e. The van der Waals surface area contributed by atoms with Crippen molar-refractivity contribution in [3.8, 4) is 11.5 Å². The van der Waals surface area contributed by atoms with E-state index in [1.165, 1.54) is 17.9 Å². The highest BCUT2D eigenvalue weighted by atomic mass is 16.6. The molecule has 0 amide bonds. The molecule has 172 valence electrons. The van der Waals surface area contributed by atoms with Crippen LogP contribution in [0.1, 0.15) is 45.0 Å². The SMILES string of the molecule is CO[C@@H]1[C@H](O)[C@@H](CO)O[C@H]1n1cc2c(nc1=O)Nc1cc3c(cc1O2)C(C)(C)NC3(C)C. The minimum Gasteiger partial charge on any atom is -0.450 e. The molecule has 0 unspecified atom stereocenters. The highest BCUT2D eigenvalue weighted by Crippen LogP contribution is 2.49. The first kappa shape index (κ1) is 21.4. The minimum absolute atomic E-state index is 0.217. The van der Waals surface area contributed by atoms with E-state index in [1.54, 1.807) is 0 Å². The van der Waals surface area contributed by atoms with Gasteiger partial charge >= 0.3 is 5.69 Å². The lowest BCUT2D eigenvalue weighted by molar-refractivity contribution is -0.0626. The van der Waals surface area contributed by atoms with E-state index in [-0.39, 0.29) is 11.1 Å². The summed E-state index contributed by atoms with van der Waals surface area (Å²) in [6, 6.07) is 4.04. The number of benzene rings is 1. The molecule has 0 saturated carbocycles. The van der Waals surface area contributed by atoms with Gasteiger partial charge in [0.1, 0.15) is 18.3 Å². The molecule has 1 aromatic heterocycles. The van der Waals surface area contributed by atoms with Crippen molar-refractivity contribution in [2.24, 2.45) is 0 Å². The molecule has 3 aliphatic heterocycles. The molecule has 0 spiro atoms. The van der Waals surface area contributed by atoms with E-state index >= 15 is 0 Å². The number of aliphatic hydroxyl groups excluding tert-OH is 2. The average Bonchev–Trinajstić information content (AvgIpc) is 3.13. The van der Waals surface area contributed by atoms with E-state index in [0.29, 0.717) is 17.3 Å². The van der Waals surface area contributed by atoms with Crippen LogP contribution < -0.4 is 21.1 Å². The van der Waals surface area contributed by atoms with Crippen LogP contribution in [0.3, 0.4) is 0 Å². The number of hydrogen-bond acceptors (Lipinski definition) is 9. The Morgan fingerprint density at radius 3 is 2.53 bits per heavy atom. The summed E-state index contributed by atoms with van der Waals surface area (Å²) in [5, 5.41) is 26.6. The van der Waals surface area contributed by atoms with Crippen molar-refractivity contribution < 1.29 is 24.4 Å². The predicted octanol–water partition coefficient (Wildman–Crippen LogP) is 1.43. The largest absolute Gasteiger partial charge is 0.450 e. The van der Waals surface area contributed by atoms with Crippen LogP contribution in [0.2, 0.25) is 0 Å². The van der Waals surface area contributed by atoms with Crippen LogP contribution >= 0.6 is 0 Å². The molecule has 0 radical (unpaired) electrons. The third-order valence-corrected chi connectivity index (χ3v) is 6.52. The maximum absolute atomic E-state index is 12.8. The Kier molecular flexibility index (Phi) is 4.67. The normalized spacial score (nSPS) is 29.0. The second-order valence-corrected chi connectivity index (χ2v) is 9.58. The number of anilines is 2. The first-order chi connectivity index (χ1) is 15.1. The fourth-order valence-electron chi connectivity index (χ4n) is 5.10. The summed E-state index contributed by atoms with van der Waals surface area (Å²) in [4.78, 5) is 16.9. The molecule has 1 aromatic carbocycles. The van der Waals surface area contributed by atoms with Crippen molar-refractivity contribution in [1.29, 1.82) is 0 Å². The summed E-state index contributed by atoms with van der Waals surface area (Å²) in [7, 11) is 1.41. The minimum atomic E-state index is -1.08. The van der Waals surface area contributed by atoms with Gasteiger partial charge in [0.2, 0.25) is 0 Å². The van der Waals surface area contributed by atoms with Crippen LogP contribution in [-0.2, 0) is 20.6 Å². The highest BCUT2D eigenvalue weighted by Gasteiger charge is 2.46. The summed E-state index contributed by atoms with van der Waals surface area (Å²) >= 11 is 0. The fraction of sp³-hybridized carbons (Fsp3) is 0.545. The van der Waals surface area contributed by atoms with Gasteiger partial charge in [-0.05, 0) is 51.0 Å². The number of aromatic nitrogens is 2. The predicted molar refractivity (Wildman–Crippen MR) is 115 cm³/mol. The van der Waals surface area contributed by atoms with E-state index in [9.17, 15) is 15.0 Å². The van der Waals surface area contributed by atoms with Crippen molar-refractivity contribution in [2.75, 3.05) is 19.0 Å². The molecule has 32 heavy (non-hydrogen) atoms. The third-order valence-electron chi connectivity index (χ3n) is 6.52. The Bertz CT molecular complexity index is 1140. The van der Waals surface area contributed by atoms with Gasteiger partial charge in [0, 0.05) is 18.2 Å². The van der Waals surface area contributed by atoms with Crippen LogP contribution in [-0.4, -0.2) is 51.8 Å². The second-order valence-electron chi connectivity index (χ2n) is 9.58. The Morgan fingerprint density at radius 2 is 1.88 bits per heavy atom. The molecule has 1 saturated heterocycles. The van der Waals surface area contributed by atoms with E-state index < -0.39 is 36.8 Å². The lowest BCUT2D eigenvalue weighted by Crippen LogP contribution is -2.39. The van der Waals surface area contributed by atoms with Crippen molar-refractivity contribution in [3.63, 3.8) is 0 Å². The number of ether oxygens (including phenoxy) is 3. The van der Waals surface area contributed by atoms with Gasteiger partial charge in [-0.2, -0.15) is 4.98 Å². The zero-order valence-electron chi connectivity index (χ0n) is 18.7. The van der Waals surface area contributed by atoms with E-state index in [0.717, 1.165) is 16.8 Å². The standard InChI is InChI=1S/C22H28N4O6/c1-21(2)10-6-12-13(7-11(10)22(3,4)25-21)31-14-8-26(20(29)24-18(14)23-12)19-17(30-5)16(28)15(9-27)32-19/h6-8,15-17,19,25,27-28H,9H2,1-5H3,(H,23,24,29)/t15-,16-,17-,19-/m1/s1. The number of nitrogens with one attached hydrogen (secondary N) is 2. The van der Waals surface area contributed by atoms with Crippen molar-refractivity contribution in [3.05, 3.63) is 39.9 Å². The highest BCUT2D eigenvalue weighted by molar-refractivity contribution is 5.75.